The molecule has 5 nitrogen and oxygen atoms in total. The van der Waals surface area contributed by atoms with Gasteiger partial charge in [0.05, 0.1) is 18.3 Å². The minimum atomic E-state index is -0.822. The second-order valence-corrected chi connectivity index (χ2v) is 7.53. The number of aromatic nitrogens is 2. The van der Waals surface area contributed by atoms with Crippen LogP contribution >= 0.6 is 11.3 Å². The van der Waals surface area contributed by atoms with Gasteiger partial charge in [-0.1, -0.05) is 48.0 Å². The normalized spacial score (nSPS) is 12.2. The van der Waals surface area contributed by atoms with Gasteiger partial charge in [-0.3, -0.25) is 9.36 Å². The summed E-state index contributed by atoms with van der Waals surface area (Å²) in [6.07, 6.45) is 0.669. The van der Waals surface area contributed by atoms with Gasteiger partial charge in [0.2, 0.25) is 0 Å². The highest BCUT2D eigenvalue weighted by Crippen LogP contribution is 2.30. The first kappa shape index (κ1) is 18.4. The molecular weight excluding hydrogens is 372 g/mol. The lowest BCUT2D eigenvalue weighted by Gasteiger charge is -2.14. The Balaban J connectivity index is 1.54. The number of hydrogen-bond acceptors (Lipinski definition) is 5. The van der Waals surface area contributed by atoms with Crippen molar-refractivity contribution in [3.05, 3.63) is 82.2 Å². The Morgan fingerprint density at radius 1 is 1.14 bits per heavy atom. The van der Waals surface area contributed by atoms with Gasteiger partial charge < -0.3 is 9.84 Å². The molecule has 1 N–H and O–H groups in total. The molecule has 28 heavy (non-hydrogen) atoms. The van der Waals surface area contributed by atoms with Gasteiger partial charge in [0.1, 0.15) is 23.3 Å². The second kappa shape index (κ2) is 7.96. The van der Waals surface area contributed by atoms with Crippen LogP contribution in [-0.2, 0) is 6.54 Å². The highest BCUT2D eigenvalue weighted by Gasteiger charge is 2.15. The van der Waals surface area contributed by atoms with E-state index in [4.69, 9.17) is 4.74 Å². The summed E-state index contributed by atoms with van der Waals surface area (Å²) in [6.45, 7) is 2.22. The van der Waals surface area contributed by atoms with Gasteiger partial charge in [-0.2, -0.15) is 0 Å². The summed E-state index contributed by atoms with van der Waals surface area (Å²) in [5, 5.41) is 12.9. The summed E-state index contributed by atoms with van der Waals surface area (Å²) in [4.78, 5) is 18.1. The molecule has 4 rings (SSSR count). The molecule has 0 unspecified atom stereocenters. The van der Waals surface area contributed by atoms with Crippen molar-refractivity contribution in [1.29, 1.82) is 0 Å². The maximum absolute atomic E-state index is 13.0. The van der Waals surface area contributed by atoms with Crippen LogP contribution in [0.4, 0.5) is 0 Å². The number of benzene rings is 2. The third kappa shape index (κ3) is 3.83. The fraction of sp³-hybridized carbons (Fsp3) is 0.182. The van der Waals surface area contributed by atoms with Crippen molar-refractivity contribution in [2.45, 2.75) is 19.6 Å². The lowest BCUT2D eigenvalue weighted by Crippen LogP contribution is -2.30. The molecule has 0 fully saturated rings. The summed E-state index contributed by atoms with van der Waals surface area (Å²) in [5.41, 5.74) is 2.84. The molecule has 0 saturated heterocycles. The van der Waals surface area contributed by atoms with E-state index < -0.39 is 6.10 Å². The van der Waals surface area contributed by atoms with Crippen LogP contribution in [0.15, 0.2) is 71.1 Å². The Labute approximate surface area is 166 Å². The molecule has 6 heteroatoms. The molecule has 0 amide bonds. The van der Waals surface area contributed by atoms with E-state index in [0.29, 0.717) is 16.0 Å². The molecule has 142 valence electrons. The summed E-state index contributed by atoms with van der Waals surface area (Å²) < 4.78 is 7.07. The molecule has 1 atom stereocenters. The van der Waals surface area contributed by atoms with Crippen molar-refractivity contribution in [3.8, 4) is 16.9 Å². The van der Waals surface area contributed by atoms with E-state index in [1.54, 1.807) is 0 Å². The first-order chi connectivity index (χ1) is 13.6. The number of ether oxygens (including phenoxy) is 1. The van der Waals surface area contributed by atoms with E-state index in [0.717, 1.165) is 16.7 Å². The van der Waals surface area contributed by atoms with Crippen LogP contribution in [0.1, 0.15) is 5.56 Å². The lowest BCUT2D eigenvalue weighted by atomic mass is 10.1. The SMILES string of the molecule is Cc1ccc(OC[C@@H](O)Cn2cnc3scc(-c4ccccc4)c3c2=O)cc1. The Bertz CT molecular complexity index is 1130. The molecule has 0 aliphatic rings. The van der Waals surface area contributed by atoms with Gasteiger partial charge in [-0.15, -0.1) is 11.3 Å². The zero-order valence-corrected chi connectivity index (χ0v) is 16.2. The summed E-state index contributed by atoms with van der Waals surface area (Å²) in [5.74, 6) is 0.690. The molecule has 2 heterocycles. The standard InChI is InChI=1S/C22H20N2O3S/c1-15-7-9-18(10-8-15)27-12-17(25)11-24-14-23-21-20(22(24)26)19(13-28-21)16-5-3-2-4-6-16/h2-10,13-14,17,25H,11-12H2,1H3/t17-/m0/s1. The minimum Gasteiger partial charge on any atom is -0.491 e. The lowest BCUT2D eigenvalue weighted by molar-refractivity contribution is 0.0915. The van der Waals surface area contributed by atoms with E-state index >= 15 is 0 Å². The van der Waals surface area contributed by atoms with Crippen molar-refractivity contribution in [1.82, 2.24) is 9.55 Å². The van der Waals surface area contributed by atoms with E-state index in [9.17, 15) is 9.90 Å². The van der Waals surface area contributed by atoms with E-state index in [2.05, 4.69) is 4.98 Å². The first-order valence-electron chi connectivity index (χ1n) is 9.01. The van der Waals surface area contributed by atoms with Crippen molar-refractivity contribution >= 4 is 21.6 Å². The number of aliphatic hydroxyl groups is 1. The first-order valence-corrected chi connectivity index (χ1v) is 9.89. The number of fused-ring (bicyclic) bond motifs is 1. The third-order valence-corrected chi connectivity index (χ3v) is 5.40. The van der Waals surface area contributed by atoms with Gasteiger partial charge in [-0.25, -0.2) is 4.98 Å². The number of aryl methyl sites for hydroxylation is 1. The Kier molecular flexibility index (Phi) is 5.23. The van der Waals surface area contributed by atoms with Gasteiger partial charge in [0.25, 0.3) is 5.56 Å². The van der Waals surface area contributed by atoms with Crippen LogP contribution in [0.5, 0.6) is 5.75 Å². The van der Waals surface area contributed by atoms with Crippen LogP contribution in [0, 0.1) is 6.92 Å². The summed E-state index contributed by atoms with van der Waals surface area (Å²) >= 11 is 1.45. The maximum Gasteiger partial charge on any atom is 0.262 e. The Morgan fingerprint density at radius 3 is 2.64 bits per heavy atom. The molecule has 2 aromatic heterocycles. The third-order valence-electron chi connectivity index (χ3n) is 4.52. The highest BCUT2D eigenvalue weighted by molar-refractivity contribution is 7.17. The largest absolute Gasteiger partial charge is 0.491 e. The van der Waals surface area contributed by atoms with Crippen molar-refractivity contribution in [2.24, 2.45) is 0 Å². The van der Waals surface area contributed by atoms with E-state index in [-0.39, 0.29) is 18.7 Å². The predicted molar refractivity (Wildman–Crippen MR) is 112 cm³/mol. The van der Waals surface area contributed by atoms with E-state index in [1.165, 1.54) is 22.2 Å². The topological polar surface area (TPSA) is 64.3 Å². The number of thiophene rings is 1. The molecule has 0 bridgehead atoms. The molecule has 0 aliphatic carbocycles. The van der Waals surface area contributed by atoms with Crippen LogP contribution in [-0.4, -0.2) is 27.4 Å². The average molecular weight is 392 g/mol. The molecule has 0 radical (unpaired) electrons. The Hall–Kier alpha value is -2.96. The number of rotatable bonds is 6. The van der Waals surface area contributed by atoms with Gasteiger partial charge >= 0.3 is 0 Å². The smallest absolute Gasteiger partial charge is 0.262 e. The number of hydrogen-bond donors (Lipinski definition) is 1. The van der Waals surface area contributed by atoms with Crippen LogP contribution in [0.2, 0.25) is 0 Å². The zero-order chi connectivity index (χ0) is 19.5. The van der Waals surface area contributed by atoms with Crippen molar-refractivity contribution in [3.63, 3.8) is 0 Å². The summed E-state index contributed by atoms with van der Waals surface area (Å²) in [6, 6.07) is 17.4. The molecule has 2 aromatic carbocycles. The zero-order valence-electron chi connectivity index (χ0n) is 15.4. The van der Waals surface area contributed by atoms with Crippen molar-refractivity contribution in [2.75, 3.05) is 6.61 Å². The molecule has 4 aromatic rings. The maximum atomic E-state index is 13.0. The fourth-order valence-electron chi connectivity index (χ4n) is 3.03. The molecule has 0 saturated carbocycles. The number of nitrogens with zero attached hydrogens (tertiary/aromatic N) is 2. The molecule has 0 spiro atoms. The van der Waals surface area contributed by atoms with Crippen molar-refractivity contribution < 1.29 is 9.84 Å². The van der Waals surface area contributed by atoms with Gasteiger partial charge in [-0.05, 0) is 24.6 Å². The van der Waals surface area contributed by atoms with Crippen LogP contribution < -0.4 is 10.3 Å². The molecule has 0 aliphatic heterocycles. The van der Waals surface area contributed by atoms with Crippen LogP contribution in [0.3, 0.4) is 0 Å². The highest BCUT2D eigenvalue weighted by atomic mass is 32.1. The number of aliphatic hydroxyl groups excluding tert-OH is 1. The quantitative estimate of drug-likeness (QED) is 0.541. The van der Waals surface area contributed by atoms with Gasteiger partial charge in [0.15, 0.2) is 0 Å². The monoisotopic (exact) mass is 392 g/mol. The predicted octanol–water partition coefficient (Wildman–Crippen LogP) is 3.87. The second-order valence-electron chi connectivity index (χ2n) is 6.68. The molecular formula is C22H20N2O3S. The Morgan fingerprint density at radius 2 is 1.89 bits per heavy atom. The summed E-state index contributed by atoms with van der Waals surface area (Å²) in [7, 11) is 0. The van der Waals surface area contributed by atoms with E-state index in [1.807, 2.05) is 66.9 Å². The van der Waals surface area contributed by atoms with Gasteiger partial charge in [0, 0.05) is 10.9 Å². The fourth-order valence-corrected chi connectivity index (χ4v) is 3.94. The minimum absolute atomic E-state index is 0.0999. The average Bonchev–Trinajstić information content (AvgIpc) is 3.15. The van der Waals surface area contributed by atoms with Crippen LogP contribution in [0.25, 0.3) is 21.3 Å².